The maximum absolute atomic E-state index is 5.36. The molecule has 0 saturated carbocycles. The zero-order valence-electron chi connectivity index (χ0n) is 11.9. The summed E-state index contributed by atoms with van der Waals surface area (Å²) in [5, 5.41) is 3.37. The Kier molecular flexibility index (Phi) is 5.61. The standard InChI is InChI=1S/C15H20BrN3O/c1-3-20-11-5-9-19-10-8-17-15(19)18-13-7-4-6-12(2)14(13)16/h4,6-8,10H,3,5,9,11H2,1-2H3,(H,17,18). The third-order valence-corrected chi connectivity index (χ3v) is 4.10. The number of nitrogens with zero attached hydrogens (tertiary/aromatic N) is 2. The number of aromatic nitrogens is 2. The number of imidazole rings is 1. The summed E-state index contributed by atoms with van der Waals surface area (Å²) < 4.78 is 8.54. The van der Waals surface area contributed by atoms with Crippen molar-refractivity contribution in [1.82, 2.24) is 9.55 Å². The summed E-state index contributed by atoms with van der Waals surface area (Å²) in [6.45, 7) is 6.53. The molecule has 5 heteroatoms. The first-order valence-electron chi connectivity index (χ1n) is 6.83. The normalized spacial score (nSPS) is 10.8. The molecule has 2 rings (SSSR count). The number of aryl methyl sites for hydroxylation is 2. The lowest BCUT2D eigenvalue weighted by Gasteiger charge is -2.12. The average Bonchev–Trinajstić information content (AvgIpc) is 2.87. The fraction of sp³-hybridized carbons (Fsp3) is 0.400. The minimum atomic E-state index is 0.769. The molecule has 0 bridgehead atoms. The molecule has 0 fully saturated rings. The highest BCUT2D eigenvalue weighted by Gasteiger charge is 2.06. The molecule has 108 valence electrons. The van der Waals surface area contributed by atoms with E-state index < -0.39 is 0 Å². The Balaban J connectivity index is 2.03. The van der Waals surface area contributed by atoms with Crippen molar-refractivity contribution in [3.63, 3.8) is 0 Å². The monoisotopic (exact) mass is 337 g/mol. The van der Waals surface area contributed by atoms with Gasteiger partial charge in [-0.1, -0.05) is 12.1 Å². The number of hydrogen-bond donors (Lipinski definition) is 1. The smallest absolute Gasteiger partial charge is 0.207 e. The zero-order chi connectivity index (χ0) is 14.4. The van der Waals surface area contributed by atoms with Gasteiger partial charge in [-0.05, 0) is 47.8 Å². The summed E-state index contributed by atoms with van der Waals surface area (Å²) in [5.74, 6) is 0.854. The molecule has 0 unspecified atom stereocenters. The van der Waals surface area contributed by atoms with Crippen LogP contribution in [0.15, 0.2) is 35.1 Å². The Morgan fingerprint density at radius 1 is 1.40 bits per heavy atom. The van der Waals surface area contributed by atoms with Crippen molar-refractivity contribution >= 4 is 27.6 Å². The van der Waals surface area contributed by atoms with E-state index in [1.54, 1.807) is 0 Å². The largest absolute Gasteiger partial charge is 0.382 e. The first kappa shape index (κ1) is 15.1. The topological polar surface area (TPSA) is 39.1 Å². The van der Waals surface area contributed by atoms with Crippen LogP contribution in [0.25, 0.3) is 0 Å². The first-order valence-corrected chi connectivity index (χ1v) is 7.62. The fourth-order valence-electron chi connectivity index (χ4n) is 1.96. The Hall–Kier alpha value is -1.33. The lowest BCUT2D eigenvalue weighted by molar-refractivity contribution is 0.142. The SMILES string of the molecule is CCOCCCn1ccnc1Nc1cccc(C)c1Br. The van der Waals surface area contributed by atoms with Gasteiger partial charge in [-0.2, -0.15) is 0 Å². The quantitative estimate of drug-likeness (QED) is 0.772. The number of ether oxygens (including phenoxy) is 1. The van der Waals surface area contributed by atoms with Crippen LogP contribution in [0.5, 0.6) is 0 Å². The molecule has 0 spiro atoms. The Labute approximate surface area is 128 Å². The van der Waals surface area contributed by atoms with E-state index in [0.29, 0.717) is 0 Å². The molecule has 0 saturated heterocycles. The van der Waals surface area contributed by atoms with E-state index in [0.717, 1.165) is 42.3 Å². The number of hydrogen-bond acceptors (Lipinski definition) is 3. The van der Waals surface area contributed by atoms with Crippen LogP contribution in [0, 0.1) is 6.92 Å². The molecule has 0 atom stereocenters. The second-order valence-electron chi connectivity index (χ2n) is 4.56. The highest BCUT2D eigenvalue weighted by molar-refractivity contribution is 9.10. The lowest BCUT2D eigenvalue weighted by atomic mass is 10.2. The van der Waals surface area contributed by atoms with Gasteiger partial charge in [0.15, 0.2) is 0 Å². The van der Waals surface area contributed by atoms with E-state index in [4.69, 9.17) is 4.74 Å². The van der Waals surface area contributed by atoms with Gasteiger partial charge in [-0.3, -0.25) is 0 Å². The van der Waals surface area contributed by atoms with Crippen molar-refractivity contribution in [1.29, 1.82) is 0 Å². The van der Waals surface area contributed by atoms with E-state index >= 15 is 0 Å². The highest BCUT2D eigenvalue weighted by Crippen LogP contribution is 2.28. The number of anilines is 2. The van der Waals surface area contributed by atoms with Crippen LogP contribution in [0.2, 0.25) is 0 Å². The molecule has 0 radical (unpaired) electrons. The van der Waals surface area contributed by atoms with Crippen LogP contribution in [0.4, 0.5) is 11.6 Å². The van der Waals surface area contributed by atoms with Crippen LogP contribution < -0.4 is 5.32 Å². The molecule has 0 aliphatic rings. The number of benzene rings is 1. The Morgan fingerprint density at radius 3 is 3.05 bits per heavy atom. The summed E-state index contributed by atoms with van der Waals surface area (Å²) in [5.41, 5.74) is 2.23. The highest BCUT2D eigenvalue weighted by atomic mass is 79.9. The first-order chi connectivity index (χ1) is 9.72. The fourth-order valence-corrected chi connectivity index (χ4v) is 2.32. The van der Waals surface area contributed by atoms with E-state index in [1.807, 2.05) is 31.5 Å². The molecule has 1 heterocycles. The van der Waals surface area contributed by atoms with Crippen molar-refractivity contribution in [2.24, 2.45) is 0 Å². The van der Waals surface area contributed by atoms with Crippen molar-refractivity contribution in [2.75, 3.05) is 18.5 Å². The lowest BCUT2D eigenvalue weighted by Crippen LogP contribution is -2.06. The Morgan fingerprint density at radius 2 is 2.25 bits per heavy atom. The number of halogens is 1. The maximum Gasteiger partial charge on any atom is 0.207 e. The summed E-state index contributed by atoms with van der Waals surface area (Å²) >= 11 is 3.60. The van der Waals surface area contributed by atoms with Gasteiger partial charge >= 0.3 is 0 Å². The molecule has 4 nitrogen and oxygen atoms in total. The Bertz CT molecular complexity index is 554. The third kappa shape index (κ3) is 3.84. The summed E-state index contributed by atoms with van der Waals surface area (Å²) in [4.78, 5) is 4.37. The van der Waals surface area contributed by atoms with Crippen molar-refractivity contribution in [3.8, 4) is 0 Å². The predicted octanol–water partition coefficient (Wildman–Crippen LogP) is 4.12. The van der Waals surface area contributed by atoms with Gasteiger partial charge in [0.25, 0.3) is 0 Å². The van der Waals surface area contributed by atoms with Gasteiger partial charge in [0, 0.05) is 36.6 Å². The van der Waals surface area contributed by atoms with Crippen molar-refractivity contribution in [2.45, 2.75) is 26.8 Å². The molecule has 0 aliphatic heterocycles. The van der Waals surface area contributed by atoms with Crippen LogP contribution in [0.3, 0.4) is 0 Å². The van der Waals surface area contributed by atoms with E-state index in [2.05, 4.69) is 43.8 Å². The molecule has 1 aromatic carbocycles. The molecular formula is C15H20BrN3O. The minimum Gasteiger partial charge on any atom is -0.382 e. The van der Waals surface area contributed by atoms with Gasteiger partial charge in [0.05, 0.1) is 5.69 Å². The maximum atomic E-state index is 5.36. The van der Waals surface area contributed by atoms with Gasteiger partial charge in [-0.25, -0.2) is 4.98 Å². The van der Waals surface area contributed by atoms with Crippen LogP contribution in [-0.4, -0.2) is 22.8 Å². The van der Waals surface area contributed by atoms with E-state index in [-0.39, 0.29) is 0 Å². The number of nitrogens with one attached hydrogen (secondary N) is 1. The molecule has 20 heavy (non-hydrogen) atoms. The minimum absolute atomic E-state index is 0.769. The molecular weight excluding hydrogens is 318 g/mol. The third-order valence-electron chi connectivity index (χ3n) is 3.05. The molecule has 0 amide bonds. The molecule has 2 aromatic rings. The van der Waals surface area contributed by atoms with Gasteiger partial charge in [0.1, 0.15) is 0 Å². The summed E-state index contributed by atoms with van der Waals surface area (Å²) in [6, 6.07) is 6.14. The molecule has 1 aromatic heterocycles. The van der Waals surface area contributed by atoms with Crippen molar-refractivity contribution < 1.29 is 4.74 Å². The number of rotatable bonds is 7. The van der Waals surface area contributed by atoms with Crippen LogP contribution in [-0.2, 0) is 11.3 Å². The van der Waals surface area contributed by atoms with E-state index in [1.165, 1.54) is 5.56 Å². The second kappa shape index (κ2) is 7.45. The van der Waals surface area contributed by atoms with Gasteiger partial charge in [0.2, 0.25) is 5.95 Å². The van der Waals surface area contributed by atoms with Gasteiger partial charge < -0.3 is 14.6 Å². The summed E-state index contributed by atoms with van der Waals surface area (Å²) in [7, 11) is 0. The van der Waals surface area contributed by atoms with Crippen LogP contribution >= 0.6 is 15.9 Å². The zero-order valence-corrected chi connectivity index (χ0v) is 13.5. The van der Waals surface area contributed by atoms with Crippen molar-refractivity contribution in [3.05, 3.63) is 40.6 Å². The predicted molar refractivity (Wildman–Crippen MR) is 85.5 cm³/mol. The molecule has 0 aliphatic carbocycles. The summed E-state index contributed by atoms with van der Waals surface area (Å²) in [6.07, 6.45) is 4.78. The van der Waals surface area contributed by atoms with Gasteiger partial charge in [-0.15, -0.1) is 0 Å². The van der Waals surface area contributed by atoms with E-state index in [9.17, 15) is 0 Å². The molecule has 1 N–H and O–H groups in total. The average molecular weight is 338 g/mol. The van der Waals surface area contributed by atoms with Crippen LogP contribution in [0.1, 0.15) is 18.9 Å². The second-order valence-corrected chi connectivity index (χ2v) is 5.35.